The molecule has 10 heavy (non-hydrogen) atoms. The summed E-state index contributed by atoms with van der Waals surface area (Å²) >= 11 is 0. The van der Waals surface area contributed by atoms with Gasteiger partial charge in [-0.3, -0.25) is 0 Å². The minimum Gasteiger partial charge on any atom is -0.380 e. The summed E-state index contributed by atoms with van der Waals surface area (Å²) in [5, 5.41) is 0. The molecule has 0 bridgehead atoms. The monoisotopic (exact) mass is 143 g/mol. The van der Waals surface area contributed by atoms with E-state index < -0.39 is 0 Å². The number of likely N-dealkylation sites (N-methyl/N-ethyl adjacent to an activating group) is 1. The van der Waals surface area contributed by atoms with Gasteiger partial charge in [0.2, 0.25) is 0 Å². The van der Waals surface area contributed by atoms with Gasteiger partial charge in [-0.1, -0.05) is 6.92 Å². The first-order valence-electron chi connectivity index (χ1n) is 4.12. The van der Waals surface area contributed by atoms with Crippen LogP contribution in [0, 0.1) is 0 Å². The van der Waals surface area contributed by atoms with E-state index in [0.717, 1.165) is 13.2 Å². The van der Waals surface area contributed by atoms with E-state index in [1.165, 1.54) is 19.4 Å². The van der Waals surface area contributed by atoms with Gasteiger partial charge in [0.15, 0.2) is 0 Å². The Balaban J connectivity index is 2.18. The molecule has 1 saturated heterocycles. The molecule has 1 aliphatic heterocycles. The molecule has 1 rings (SSSR count). The summed E-state index contributed by atoms with van der Waals surface area (Å²) in [4.78, 5) is 2.40. The first kappa shape index (κ1) is 8.02. The molecule has 2 heteroatoms. The van der Waals surface area contributed by atoms with Crippen LogP contribution in [0.15, 0.2) is 0 Å². The molecule has 1 atom stereocenters. The van der Waals surface area contributed by atoms with Crippen molar-refractivity contribution in [3.8, 4) is 0 Å². The smallest absolute Gasteiger partial charge is 0.0622 e. The second kappa shape index (κ2) is 3.94. The molecule has 0 aliphatic carbocycles. The third-order valence-corrected chi connectivity index (χ3v) is 2.11. The van der Waals surface area contributed by atoms with Crippen LogP contribution in [-0.2, 0) is 4.74 Å². The van der Waals surface area contributed by atoms with Gasteiger partial charge in [0.1, 0.15) is 0 Å². The van der Waals surface area contributed by atoms with Crippen molar-refractivity contribution in [1.29, 1.82) is 0 Å². The average Bonchev–Trinajstić information content (AvgIpc) is 2.38. The van der Waals surface area contributed by atoms with Gasteiger partial charge >= 0.3 is 0 Å². The van der Waals surface area contributed by atoms with Crippen LogP contribution in [-0.4, -0.2) is 37.7 Å². The van der Waals surface area contributed by atoms with Gasteiger partial charge < -0.3 is 9.64 Å². The highest BCUT2D eigenvalue weighted by molar-refractivity contribution is 4.72. The quantitative estimate of drug-likeness (QED) is 0.587. The van der Waals surface area contributed by atoms with Crippen LogP contribution in [0.5, 0.6) is 0 Å². The maximum Gasteiger partial charge on any atom is 0.0622 e. The van der Waals surface area contributed by atoms with E-state index in [0.29, 0.717) is 6.04 Å². The standard InChI is InChI=1S/C8H17NO/c1-3-5-9(2)8-4-6-10-7-8/h8H,3-7H2,1-2H3/t8-/m1/s1. The Morgan fingerprint density at radius 2 is 2.40 bits per heavy atom. The van der Waals surface area contributed by atoms with E-state index in [4.69, 9.17) is 4.74 Å². The van der Waals surface area contributed by atoms with Crippen LogP contribution in [0.2, 0.25) is 0 Å². The van der Waals surface area contributed by atoms with Crippen LogP contribution in [0.1, 0.15) is 19.8 Å². The maximum absolute atomic E-state index is 5.28. The molecular formula is C8H17NO. The van der Waals surface area contributed by atoms with E-state index in [1.54, 1.807) is 0 Å². The second-order valence-electron chi connectivity index (χ2n) is 3.00. The van der Waals surface area contributed by atoms with Crippen molar-refractivity contribution in [2.75, 3.05) is 26.8 Å². The van der Waals surface area contributed by atoms with Crippen LogP contribution in [0.4, 0.5) is 0 Å². The summed E-state index contributed by atoms with van der Waals surface area (Å²) in [6.45, 7) is 5.32. The molecule has 60 valence electrons. The molecule has 0 N–H and O–H groups in total. The third kappa shape index (κ3) is 1.96. The molecule has 0 aromatic heterocycles. The number of hydrogen-bond donors (Lipinski definition) is 0. The number of ether oxygens (including phenoxy) is 1. The average molecular weight is 143 g/mol. The Morgan fingerprint density at radius 1 is 1.60 bits per heavy atom. The van der Waals surface area contributed by atoms with E-state index in [2.05, 4.69) is 18.9 Å². The Morgan fingerprint density at radius 3 is 2.90 bits per heavy atom. The molecule has 0 amide bonds. The van der Waals surface area contributed by atoms with Crippen LogP contribution < -0.4 is 0 Å². The van der Waals surface area contributed by atoms with Crippen molar-refractivity contribution in [1.82, 2.24) is 4.90 Å². The molecule has 1 fully saturated rings. The zero-order valence-electron chi connectivity index (χ0n) is 6.97. The minimum atomic E-state index is 0.694. The lowest BCUT2D eigenvalue weighted by molar-refractivity contribution is 0.159. The van der Waals surface area contributed by atoms with Crippen molar-refractivity contribution in [3.63, 3.8) is 0 Å². The second-order valence-corrected chi connectivity index (χ2v) is 3.00. The number of hydrogen-bond acceptors (Lipinski definition) is 2. The Labute approximate surface area is 63.2 Å². The Bertz CT molecular complexity index is 89.3. The summed E-state index contributed by atoms with van der Waals surface area (Å²) in [5.41, 5.74) is 0. The Kier molecular flexibility index (Phi) is 3.16. The van der Waals surface area contributed by atoms with E-state index in [9.17, 15) is 0 Å². The van der Waals surface area contributed by atoms with Crippen LogP contribution in [0.25, 0.3) is 0 Å². The highest BCUT2D eigenvalue weighted by Crippen LogP contribution is 2.10. The predicted octanol–water partition coefficient (Wildman–Crippen LogP) is 1.12. The topological polar surface area (TPSA) is 12.5 Å². The summed E-state index contributed by atoms with van der Waals surface area (Å²) in [5.74, 6) is 0. The fourth-order valence-corrected chi connectivity index (χ4v) is 1.40. The van der Waals surface area contributed by atoms with Gasteiger partial charge in [0, 0.05) is 12.6 Å². The van der Waals surface area contributed by atoms with Crippen molar-refractivity contribution < 1.29 is 4.74 Å². The molecule has 1 aliphatic rings. The molecular weight excluding hydrogens is 126 g/mol. The molecule has 0 spiro atoms. The van der Waals surface area contributed by atoms with Gasteiger partial charge in [0.05, 0.1) is 6.61 Å². The van der Waals surface area contributed by atoms with Crippen molar-refractivity contribution in [2.24, 2.45) is 0 Å². The summed E-state index contributed by atoms with van der Waals surface area (Å²) in [6, 6.07) is 0.694. The molecule has 0 aromatic carbocycles. The number of rotatable bonds is 3. The van der Waals surface area contributed by atoms with Gasteiger partial charge in [-0.05, 0) is 26.4 Å². The molecule has 0 radical (unpaired) electrons. The predicted molar refractivity (Wildman–Crippen MR) is 42.1 cm³/mol. The molecule has 0 aromatic rings. The zero-order chi connectivity index (χ0) is 7.40. The summed E-state index contributed by atoms with van der Waals surface area (Å²) in [7, 11) is 2.18. The van der Waals surface area contributed by atoms with Crippen LogP contribution >= 0.6 is 0 Å². The minimum absolute atomic E-state index is 0.694. The largest absolute Gasteiger partial charge is 0.380 e. The summed E-state index contributed by atoms with van der Waals surface area (Å²) < 4.78 is 5.28. The fraction of sp³-hybridized carbons (Fsp3) is 1.00. The zero-order valence-corrected chi connectivity index (χ0v) is 6.97. The lowest BCUT2D eigenvalue weighted by Gasteiger charge is -2.21. The normalized spacial score (nSPS) is 26.1. The first-order chi connectivity index (χ1) is 4.84. The third-order valence-electron chi connectivity index (χ3n) is 2.11. The highest BCUT2D eigenvalue weighted by atomic mass is 16.5. The van der Waals surface area contributed by atoms with E-state index >= 15 is 0 Å². The molecule has 1 heterocycles. The van der Waals surface area contributed by atoms with Gasteiger partial charge in [0.25, 0.3) is 0 Å². The van der Waals surface area contributed by atoms with Crippen molar-refractivity contribution in [2.45, 2.75) is 25.8 Å². The Hall–Kier alpha value is -0.0800. The first-order valence-corrected chi connectivity index (χ1v) is 4.12. The lowest BCUT2D eigenvalue weighted by atomic mass is 10.2. The van der Waals surface area contributed by atoms with Gasteiger partial charge in [-0.15, -0.1) is 0 Å². The molecule has 0 saturated carbocycles. The SMILES string of the molecule is CCCN(C)[C@@H]1CCOC1. The molecule has 2 nitrogen and oxygen atoms in total. The number of nitrogens with zero attached hydrogens (tertiary/aromatic N) is 1. The fourth-order valence-electron chi connectivity index (χ4n) is 1.40. The molecule has 0 unspecified atom stereocenters. The van der Waals surface area contributed by atoms with Gasteiger partial charge in [-0.25, -0.2) is 0 Å². The van der Waals surface area contributed by atoms with Gasteiger partial charge in [-0.2, -0.15) is 0 Å². The van der Waals surface area contributed by atoms with Crippen molar-refractivity contribution in [3.05, 3.63) is 0 Å². The van der Waals surface area contributed by atoms with E-state index in [1.807, 2.05) is 0 Å². The van der Waals surface area contributed by atoms with Crippen molar-refractivity contribution >= 4 is 0 Å². The highest BCUT2D eigenvalue weighted by Gasteiger charge is 2.18. The van der Waals surface area contributed by atoms with Crippen LogP contribution in [0.3, 0.4) is 0 Å². The lowest BCUT2D eigenvalue weighted by Crippen LogP contribution is -2.32. The summed E-state index contributed by atoms with van der Waals surface area (Å²) in [6.07, 6.45) is 2.46. The van der Waals surface area contributed by atoms with E-state index in [-0.39, 0.29) is 0 Å². The maximum atomic E-state index is 5.28.